The quantitative estimate of drug-likeness (QED) is 0.530. The highest BCUT2D eigenvalue weighted by molar-refractivity contribution is 6.74. The molecule has 4 nitrogen and oxygen atoms in total. The molecule has 0 bridgehead atoms. The minimum absolute atomic E-state index is 0.00724. The van der Waals surface area contributed by atoms with Gasteiger partial charge < -0.3 is 19.0 Å². The van der Waals surface area contributed by atoms with Gasteiger partial charge in [-0.25, -0.2) is 0 Å². The van der Waals surface area contributed by atoms with Crippen molar-refractivity contribution in [1.82, 2.24) is 0 Å². The number of hydrogen-bond donors (Lipinski definition) is 1. The Bertz CT molecular complexity index is 426. The number of aliphatic hydroxyl groups excluding tert-OH is 1. The summed E-state index contributed by atoms with van der Waals surface area (Å²) in [6, 6.07) is 0. The Hall–Kier alpha value is -0.203. The zero-order valence-corrected chi connectivity index (χ0v) is 17.8. The number of hydrogen-bond acceptors (Lipinski definition) is 4. The first kappa shape index (κ1) is 21.1. The van der Waals surface area contributed by atoms with Gasteiger partial charge in [-0.05, 0) is 49.7 Å². The lowest BCUT2D eigenvalue weighted by Crippen LogP contribution is -2.44. The van der Waals surface area contributed by atoms with E-state index in [9.17, 15) is 5.11 Å². The molecule has 0 amide bonds. The standard InChI is InChI=1S/C20H38O4Si/c1-7-10-15-16(14-23-25(5,6)20(2,3)4)18(13-17(15)21)24-19-11-8-9-12-22-19/h7,15-19,21H,1,8-14H2,2-6H3/t15-,16-,17+,18-,19?/m0/s1. The van der Waals surface area contributed by atoms with Crippen LogP contribution in [0.3, 0.4) is 0 Å². The molecule has 0 aromatic heterocycles. The van der Waals surface area contributed by atoms with Crippen molar-refractivity contribution in [2.24, 2.45) is 11.8 Å². The third kappa shape index (κ3) is 5.39. The summed E-state index contributed by atoms with van der Waals surface area (Å²) in [5.41, 5.74) is 0. The molecule has 1 N–H and O–H groups in total. The Kier molecular flexibility index (Phi) is 7.31. The van der Waals surface area contributed by atoms with E-state index < -0.39 is 8.32 Å². The van der Waals surface area contributed by atoms with Gasteiger partial charge >= 0.3 is 0 Å². The molecule has 0 aromatic carbocycles. The highest BCUT2D eigenvalue weighted by Gasteiger charge is 2.46. The van der Waals surface area contributed by atoms with Crippen molar-refractivity contribution in [1.29, 1.82) is 0 Å². The molecule has 0 radical (unpaired) electrons. The van der Waals surface area contributed by atoms with Crippen LogP contribution in [0.4, 0.5) is 0 Å². The fraction of sp³-hybridized carbons (Fsp3) is 0.900. The monoisotopic (exact) mass is 370 g/mol. The second-order valence-electron chi connectivity index (χ2n) is 9.20. The van der Waals surface area contributed by atoms with Gasteiger partial charge in [-0.3, -0.25) is 0 Å². The number of rotatable bonds is 7. The van der Waals surface area contributed by atoms with E-state index >= 15 is 0 Å². The minimum Gasteiger partial charge on any atom is -0.416 e. The third-order valence-electron chi connectivity index (χ3n) is 6.34. The summed E-state index contributed by atoms with van der Waals surface area (Å²) in [5.74, 6) is 0.364. The van der Waals surface area contributed by atoms with E-state index in [0.29, 0.717) is 13.0 Å². The fourth-order valence-electron chi connectivity index (χ4n) is 3.59. The second kappa shape index (κ2) is 8.66. The van der Waals surface area contributed by atoms with E-state index in [0.717, 1.165) is 32.3 Å². The van der Waals surface area contributed by atoms with Gasteiger partial charge in [0, 0.05) is 25.6 Å². The van der Waals surface area contributed by atoms with Crippen LogP contribution in [0.5, 0.6) is 0 Å². The van der Waals surface area contributed by atoms with Crippen molar-refractivity contribution < 1.29 is 19.0 Å². The van der Waals surface area contributed by atoms with Gasteiger partial charge in [0.05, 0.1) is 12.2 Å². The number of allylic oxidation sites excluding steroid dienone is 1. The summed E-state index contributed by atoms with van der Waals surface area (Å²) < 4.78 is 18.5. The lowest BCUT2D eigenvalue weighted by atomic mass is 9.91. The molecule has 1 saturated carbocycles. The first-order valence-corrected chi connectivity index (χ1v) is 12.8. The molecule has 2 aliphatic rings. The predicted molar refractivity (Wildman–Crippen MR) is 104 cm³/mol. The Balaban J connectivity index is 2.04. The average Bonchev–Trinajstić information content (AvgIpc) is 2.81. The largest absolute Gasteiger partial charge is 0.416 e. The van der Waals surface area contributed by atoms with Crippen molar-refractivity contribution >= 4 is 8.32 Å². The van der Waals surface area contributed by atoms with E-state index in [1.165, 1.54) is 0 Å². The normalized spacial score (nSPS) is 34.2. The van der Waals surface area contributed by atoms with E-state index in [1.807, 2.05) is 6.08 Å². The molecular formula is C20H38O4Si. The Labute approximate surface area is 155 Å². The molecule has 1 unspecified atom stereocenters. The van der Waals surface area contributed by atoms with E-state index in [-0.39, 0.29) is 35.4 Å². The molecule has 5 atom stereocenters. The lowest BCUT2D eigenvalue weighted by molar-refractivity contribution is -0.197. The zero-order chi connectivity index (χ0) is 18.7. The molecule has 1 aliphatic carbocycles. The summed E-state index contributed by atoms with van der Waals surface area (Å²) >= 11 is 0. The molecule has 1 saturated heterocycles. The van der Waals surface area contributed by atoms with Gasteiger partial charge in [0.2, 0.25) is 0 Å². The summed E-state index contributed by atoms with van der Waals surface area (Å²) in [4.78, 5) is 0. The van der Waals surface area contributed by atoms with Gasteiger partial charge in [0.1, 0.15) is 0 Å². The van der Waals surface area contributed by atoms with Gasteiger partial charge in [-0.2, -0.15) is 0 Å². The molecule has 1 heterocycles. The molecule has 25 heavy (non-hydrogen) atoms. The van der Waals surface area contributed by atoms with Gasteiger partial charge in [-0.15, -0.1) is 6.58 Å². The Morgan fingerprint density at radius 3 is 2.52 bits per heavy atom. The molecular weight excluding hydrogens is 332 g/mol. The predicted octanol–water partition coefficient (Wildman–Crippen LogP) is 4.49. The van der Waals surface area contributed by atoms with Crippen LogP contribution in [0.15, 0.2) is 12.7 Å². The van der Waals surface area contributed by atoms with Crippen molar-refractivity contribution in [2.75, 3.05) is 13.2 Å². The highest BCUT2D eigenvalue weighted by atomic mass is 28.4. The van der Waals surface area contributed by atoms with Gasteiger partial charge in [-0.1, -0.05) is 26.8 Å². The van der Waals surface area contributed by atoms with E-state index in [1.54, 1.807) is 0 Å². The third-order valence-corrected chi connectivity index (χ3v) is 10.8. The zero-order valence-electron chi connectivity index (χ0n) is 16.8. The maximum Gasteiger partial charge on any atom is 0.191 e. The van der Waals surface area contributed by atoms with Crippen molar-refractivity contribution in [2.45, 2.75) is 89.5 Å². The summed E-state index contributed by atoms with van der Waals surface area (Å²) in [6.45, 7) is 16.6. The Morgan fingerprint density at radius 2 is 1.96 bits per heavy atom. The summed E-state index contributed by atoms with van der Waals surface area (Å²) in [7, 11) is -1.82. The van der Waals surface area contributed by atoms with Crippen molar-refractivity contribution in [3.63, 3.8) is 0 Å². The van der Waals surface area contributed by atoms with Crippen LogP contribution in [-0.4, -0.2) is 45.1 Å². The van der Waals surface area contributed by atoms with Crippen LogP contribution in [0.1, 0.15) is 52.9 Å². The average molecular weight is 371 g/mol. The summed E-state index contributed by atoms with van der Waals surface area (Å²) in [6.07, 6.45) is 6.14. The van der Waals surface area contributed by atoms with Crippen molar-refractivity contribution in [3.05, 3.63) is 12.7 Å². The maximum absolute atomic E-state index is 10.6. The minimum atomic E-state index is -1.82. The molecule has 1 aliphatic heterocycles. The van der Waals surface area contributed by atoms with Crippen LogP contribution in [0.25, 0.3) is 0 Å². The maximum atomic E-state index is 10.6. The SMILES string of the molecule is C=CC[C@H]1[C@H](CO[Si](C)(C)C(C)(C)C)[C@@H](OC2CCCCO2)C[C@H]1O. The fourth-order valence-corrected chi connectivity index (χ4v) is 4.64. The van der Waals surface area contributed by atoms with Crippen LogP contribution in [0, 0.1) is 11.8 Å². The summed E-state index contributed by atoms with van der Waals surface area (Å²) in [5, 5.41) is 10.7. The van der Waals surface area contributed by atoms with Crippen LogP contribution < -0.4 is 0 Å². The lowest BCUT2D eigenvalue weighted by Gasteiger charge is -2.38. The van der Waals surface area contributed by atoms with E-state index in [2.05, 4.69) is 40.4 Å². The highest BCUT2D eigenvalue weighted by Crippen LogP contribution is 2.41. The van der Waals surface area contributed by atoms with Crippen LogP contribution in [0.2, 0.25) is 18.1 Å². The molecule has 0 spiro atoms. The first-order chi connectivity index (χ1) is 11.7. The van der Waals surface area contributed by atoms with Crippen LogP contribution in [-0.2, 0) is 13.9 Å². The smallest absolute Gasteiger partial charge is 0.191 e. The van der Waals surface area contributed by atoms with E-state index in [4.69, 9.17) is 13.9 Å². The molecule has 2 fully saturated rings. The topological polar surface area (TPSA) is 47.9 Å². The molecule has 146 valence electrons. The second-order valence-corrected chi connectivity index (χ2v) is 14.0. The van der Waals surface area contributed by atoms with Gasteiger partial charge in [0.15, 0.2) is 14.6 Å². The van der Waals surface area contributed by atoms with Gasteiger partial charge in [0.25, 0.3) is 0 Å². The Morgan fingerprint density at radius 1 is 1.24 bits per heavy atom. The molecule has 5 heteroatoms. The molecule has 2 rings (SSSR count). The first-order valence-electron chi connectivity index (χ1n) is 9.85. The molecule has 0 aromatic rings. The number of aliphatic hydroxyl groups is 1. The van der Waals surface area contributed by atoms with Crippen molar-refractivity contribution in [3.8, 4) is 0 Å². The number of ether oxygens (including phenoxy) is 2. The van der Waals surface area contributed by atoms with Crippen LogP contribution >= 0.6 is 0 Å².